The van der Waals surface area contributed by atoms with Gasteiger partial charge in [0.15, 0.2) is 0 Å². The van der Waals surface area contributed by atoms with Crippen LogP contribution in [0.15, 0.2) is 41.4 Å². The molecule has 0 radical (unpaired) electrons. The molecule has 2 aromatic rings. The van der Waals surface area contributed by atoms with Crippen LogP contribution in [0.5, 0.6) is 0 Å². The maximum Gasteiger partial charge on any atom is 0.243 e. The van der Waals surface area contributed by atoms with E-state index in [0.717, 1.165) is 25.1 Å². The Morgan fingerprint density at radius 1 is 1.36 bits per heavy atom. The van der Waals surface area contributed by atoms with Crippen LogP contribution >= 0.6 is 11.6 Å². The van der Waals surface area contributed by atoms with E-state index in [0.29, 0.717) is 11.6 Å². The van der Waals surface area contributed by atoms with Crippen LogP contribution < -0.4 is 0 Å². The Labute approximate surface area is 135 Å². The first-order chi connectivity index (χ1) is 10.5. The molecule has 3 rings (SSSR count). The van der Waals surface area contributed by atoms with Crippen molar-refractivity contribution in [1.29, 1.82) is 0 Å². The summed E-state index contributed by atoms with van der Waals surface area (Å²) in [5.41, 5.74) is 0.950. The summed E-state index contributed by atoms with van der Waals surface area (Å²) in [6, 6.07) is 8.17. The highest BCUT2D eigenvalue weighted by Crippen LogP contribution is 2.36. The zero-order chi connectivity index (χ0) is 15.7. The lowest BCUT2D eigenvalue weighted by Gasteiger charge is -2.24. The van der Waals surface area contributed by atoms with E-state index in [-0.39, 0.29) is 10.9 Å². The maximum absolute atomic E-state index is 12.9. The van der Waals surface area contributed by atoms with Crippen molar-refractivity contribution in [2.24, 2.45) is 0 Å². The van der Waals surface area contributed by atoms with Gasteiger partial charge in [-0.1, -0.05) is 17.7 Å². The lowest BCUT2D eigenvalue weighted by atomic mass is 10.1. The van der Waals surface area contributed by atoms with E-state index >= 15 is 0 Å². The van der Waals surface area contributed by atoms with Gasteiger partial charge in [-0.3, -0.25) is 4.68 Å². The van der Waals surface area contributed by atoms with Gasteiger partial charge in [0.1, 0.15) is 0 Å². The Morgan fingerprint density at radius 3 is 2.91 bits per heavy atom. The van der Waals surface area contributed by atoms with Gasteiger partial charge in [-0.05, 0) is 44.0 Å². The molecule has 1 fully saturated rings. The molecule has 1 atom stereocenters. The van der Waals surface area contributed by atoms with E-state index in [1.807, 2.05) is 17.7 Å². The Balaban J connectivity index is 1.99. The van der Waals surface area contributed by atoms with Crippen LogP contribution in [-0.2, 0) is 16.6 Å². The molecule has 22 heavy (non-hydrogen) atoms. The number of nitrogens with zero attached hydrogens (tertiary/aromatic N) is 3. The molecule has 118 valence electrons. The highest BCUT2D eigenvalue weighted by Gasteiger charge is 2.37. The highest BCUT2D eigenvalue weighted by molar-refractivity contribution is 7.89. The van der Waals surface area contributed by atoms with Gasteiger partial charge in [-0.2, -0.15) is 9.40 Å². The summed E-state index contributed by atoms with van der Waals surface area (Å²) in [4.78, 5) is 0.245. The van der Waals surface area contributed by atoms with E-state index in [1.54, 1.807) is 28.7 Å². The van der Waals surface area contributed by atoms with Crippen LogP contribution in [0.1, 0.15) is 31.5 Å². The van der Waals surface area contributed by atoms with Crippen LogP contribution in [0.2, 0.25) is 5.02 Å². The highest BCUT2D eigenvalue weighted by atomic mass is 35.5. The van der Waals surface area contributed by atoms with Crippen LogP contribution in [0.3, 0.4) is 0 Å². The van der Waals surface area contributed by atoms with Crippen molar-refractivity contribution >= 4 is 21.6 Å². The fraction of sp³-hybridized carbons (Fsp3) is 0.400. The number of benzene rings is 1. The molecule has 7 heteroatoms. The Morgan fingerprint density at radius 2 is 2.18 bits per heavy atom. The molecule has 0 saturated carbocycles. The summed E-state index contributed by atoms with van der Waals surface area (Å²) in [6.45, 7) is 3.25. The van der Waals surface area contributed by atoms with Crippen LogP contribution in [0.25, 0.3) is 0 Å². The van der Waals surface area contributed by atoms with Gasteiger partial charge in [0.05, 0.1) is 16.6 Å². The predicted octanol–water partition coefficient (Wildman–Crippen LogP) is 3.08. The van der Waals surface area contributed by atoms with E-state index in [2.05, 4.69) is 5.10 Å². The first kappa shape index (κ1) is 15.5. The monoisotopic (exact) mass is 339 g/mol. The van der Waals surface area contributed by atoms with Crippen molar-refractivity contribution in [3.63, 3.8) is 0 Å². The number of rotatable bonds is 4. The van der Waals surface area contributed by atoms with Crippen molar-refractivity contribution in [3.05, 3.63) is 47.2 Å². The number of halogens is 1. The molecule has 1 aliphatic heterocycles. The van der Waals surface area contributed by atoms with Crippen LogP contribution in [0, 0.1) is 0 Å². The number of hydrogen-bond donors (Lipinski definition) is 0. The summed E-state index contributed by atoms with van der Waals surface area (Å²) < 4.78 is 29.3. The van der Waals surface area contributed by atoms with E-state index in [9.17, 15) is 8.42 Å². The predicted molar refractivity (Wildman–Crippen MR) is 85.2 cm³/mol. The summed E-state index contributed by atoms with van der Waals surface area (Å²) in [5.74, 6) is 0. The third-order valence-corrected chi connectivity index (χ3v) is 6.14. The SMILES string of the molecule is CCn1nccc1C1CCCN1S(=O)(=O)c1cccc(Cl)c1. The minimum atomic E-state index is -3.55. The van der Waals surface area contributed by atoms with Gasteiger partial charge >= 0.3 is 0 Å². The van der Waals surface area contributed by atoms with Crippen molar-refractivity contribution in [3.8, 4) is 0 Å². The van der Waals surface area contributed by atoms with Crippen LogP contribution in [0.4, 0.5) is 0 Å². The number of aromatic nitrogens is 2. The molecule has 1 aromatic carbocycles. The van der Waals surface area contributed by atoms with Gasteiger partial charge in [0, 0.05) is 24.3 Å². The number of sulfonamides is 1. The average molecular weight is 340 g/mol. The molecule has 0 spiro atoms. The first-order valence-electron chi connectivity index (χ1n) is 7.33. The normalized spacial score (nSPS) is 19.6. The summed E-state index contributed by atoms with van der Waals surface area (Å²) in [6.07, 6.45) is 3.38. The maximum atomic E-state index is 12.9. The van der Waals surface area contributed by atoms with Gasteiger partial charge < -0.3 is 0 Å². The third kappa shape index (κ3) is 2.66. The standard InChI is InChI=1S/C15H18ClN3O2S/c1-2-18-14(8-9-17-18)15-7-4-10-19(15)22(20,21)13-6-3-5-12(16)11-13/h3,5-6,8-9,11,15H,2,4,7,10H2,1H3. The second-order valence-corrected chi connectivity index (χ2v) is 7.63. The first-order valence-corrected chi connectivity index (χ1v) is 9.15. The molecule has 0 bridgehead atoms. The van der Waals surface area contributed by atoms with Gasteiger partial charge in [-0.25, -0.2) is 8.42 Å². The molecular weight excluding hydrogens is 322 g/mol. The van der Waals surface area contributed by atoms with Crippen molar-refractivity contribution < 1.29 is 8.42 Å². The van der Waals surface area contributed by atoms with Crippen molar-refractivity contribution in [2.45, 2.75) is 37.2 Å². The largest absolute Gasteiger partial charge is 0.268 e. The second kappa shape index (κ2) is 6.02. The average Bonchev–Trinajstić information content (AvgIpc) is 3.15. The molecule has 0 amide bonds. The molecule has 2 heterocycles. The molecule has 1 aromatic heterocycles. The quantitative estimate of drug-likeness (QED) is 0.860. The van der Waals surface area contributed by atoms with Crippen molar-refractivity contribution in [1.82, 2.24) is 14.1 Å². The minimum Gasteiger partial charge on any atom is -0.268 e. The van der Waals surface area contributed by atoms with Crippen LogP contribution in [-0.4, -0.2) is 29.0 Å². The van der Waals surface area contributed by atoms with E-state index in [4.69, 9.17) is 11.6 Å². The lowest BCUT2D eigenvalue weighted by Crippen LogP contribution is -2.31. The molecule has 0 aliphatic carbocycles. The number of hydrogen-bond acceptors (Lipinski definition) is 3. The fourth-order valence-electron chi connectivity index (χ4n) is 2.98. The third-order valence-electron chi connectivity index (χ3n) is 4.00. The Hall–Kier alpha value is -1.37. The molecule has 5 nitrogen and oxygen atoms in total. The minimum absolute atomic E-state index is 0.161. The van der Waals surface area contributed by atoms with Gasteiger partial charge in [0.25, 0.3) is 0 Å². The molecule has 1 unspecified atom stereocenters. The zero-order valence-corrected chi connectivity index (χ0v) is 13.9. The van der Waals surface area contributed by atoms with Crippen molar-refractivity contribution in [2.75, 3.05) is 6.54 Å². The topological polar surface area (TPSA) is 55.2 Å². The van der Waals surface area contributed by atoms with Gasteiger partial charge in [-0.15, -0.1) is 0 Å². The molecule has 0 N–H and O–H groups in total. The summed E-state index contributed by atoms with van der Waals surface area (Å²) in [5, 5.41) is 4.68. The summed E-state index contributed by atoms with van der Waals surface area (Å²) in [7, 11) is -3.55. The smallest absolute Gasteiger partial charge is 0.243 e. The Bertz CT molecular complexity index is 773. The lowest BCUT2D eigenvalue weighted by molar-refractivity contribution is 0.376. The van der Waals surface area contributed by atoms with Gasteiger partial charge in [0.2, 0.25) is 10.0 Å². The summed E-state index contributed by atoms with van der Waals surface area (Å²) >= 11 is 5.94. The molecular formula is C15H18ClN3O2S. The molecule has 1 aliphatic rings. The zero-order valence-electron chi connectivity index (χ0n) is 12.3. The number of aryl methyl sites for hydroxylation is 1. The Kier molecular flexibility index (Phi) is 4.25. The van der Waals surface area contributed by atoms with E-state index < -0.39 is 10.0 Å². The second-order valence-electron chi connectivity index (χ2n) is 5.30. The molecule has 1 saturated heterocycles. The fourth-order valence-corrected chi connectivity index (χ4v) is 4.95. The van der Waals surface area contributed by atoms with E-state index in [1.165, 1.54) is 6.07 Å².